The second-order valence-corrected chi connectivity index (χ2v) is 6.24. The first-order chi connectivity index (χ1) is 8.35. The lowest BCUT2D eigenvalue weighted by molar-refractivity contribution is 0.181. The van der Waals surface area contributed by atoms with Gasteiger partial charge in [0.2, 0.25) is 0 Å². The van der Waals surface area contributed by atoms with Gasteiger partial charge in [0.05, 0.1) is 12.3 Å². The van der Waals surface area contributed by atoms with Crippen LogP contribution in [0, 0.1) is 0 Å². The van der Waals surface area contributed by atoms with Crippen molar-refractivity contribution >= 4 is 28.2 Å². The van der Waals surface area contributed by atoms with Crippen molar-refractivity contribution in [3.63, 3.8) is 0 Å². The zero-order valence-electron chi connectivity index (χ0n) is 10.1. The van der Waals surface area contributed by atoms with Crippen LogP contribution in [0.15, 0.2) is 0 Å². The number of thioether (sulfide) groups is 1. The fraction of sp³-hybridized carbons (Fsp3) is 0.727. The van der Waals surface area contributed by atoms with Crippen LogP contribution in [0.3, 0.4) is 0 Å². The maximum Gasteiger partial charge on any atom is 0.185 e. The molecule has 0 aliphatic carbocycles. The lowest BCUT2D eigenvalue weighted by Gasteiger charge is -2.18. The summed E-state index contributed by atoms with van der Waals surface area (Å²) in [5.74, 6) is 2.45. The Morgan fingerprint density at radius 2 is 2.29 bits per heavy atom. The van der Waals surface area contributed by atoms with E-state index in [2.05, 4.69) is 9.88 Å². The molecule has 1 aromatic rings. The van der Waals surface area contributed by atoms with Gasteiger partial charge >= 0.3 is 0 Å². The predicted octanol–water partition coefficient (Wildman–Crippen LogP) is 1.69. The molecule has 0 aromatic carbocycles. The van der Waals surface area contributed by atoms with Crippen LogP contribution < -0.4 is 10.6 Å². The van der Waals surface area contributed by atoms with Gasteiger partial charge in [-0.15, -0.1) is 11.3 Å². The van der Waals surface area contributed by atoms with Gasteiger partial charge in [0.25, 0.3) is 0 Å². The zero-order chi connectivity index (χ0) is 12.1. The zero-order valence-corrected chi connectivity index (χ0v) is 11.8. The molecule has 0 amide bonds. The number of methoxy groups -OCH3 is 1. The first kappa shape index (κ1) is 13.1. The largest absolute Gasteiger partial charge is 0.378 e. The van der Waals surface area contributed by atoms with Gasteiger partial charge in [-0.05, 0) is 12.2 Å². The molecule has 1 fully saturated rings. The molecule has 2 heterocycles. The molecule has 6 heteroatoms. The number of nitrogens with zero attached hydrogens (tertiary/aromatic N) is 2. The van der Waals surface area contributed by atoms with E-state index in [9.17, 15) is 0 Å². The number of hydrogen-bond donors (Lipinski definition) is 1. The Labute approximate surface area is 111 Å². The maximum atomic E-state index is 5.75. The van der Waals surface area contributed by atoms with Gasteiger partial charge in [0.1, 0.15) is 0 Å². The molecule has 0 bridgehead atoms. The highest BCUT2D eigenvalue weighted by Crippen LogP contribution is 2.28. The summed E-state index contributed by atoms with van der Waals surface area (Å²) < 4.78 is 5.16. The molecule has 2 rings (SSSR count). The van der Waals surface area contributed by atoms with Crippen molar-refractivity contribution in [1.82, 2.24) is 4.98 Å². The van der Waals surface area contributed by atoms with Gasteiger partial charge < -0.3 is 15.4 Å². The van der Waals surface area contributed by atoms with E-state index >= 15 is 0 Å². The Kier molecular flexibility index (Phi) is 5.09. The summed E-state index contributed by atoms with van der Waals surface area (Å²) in [7, 11) is 1.70. The van der Waals surface area contributed by atoms with Gasteiger partial charge in [-0.25, -0.2) is 4.98 Å². The molecule has 0 saturated carbocycles. The Balaban J connectivity index is 2.13. The van der Waals surface area contributed by atoms with Crippen molar-refractivity contribution in [3.8, 4) is 0 Å². The molecular formula is C11H19N3OS2. The molecule has 1 aliphatic rings. The Morgan fingerprint density at radius 1 is 1.41 bits per heavy atom. The Morgan fingerprint density at radius 3 is 3.06 bits per heavy atom. The minimum absolute atomic E-state index is 0.555. The molecule has 0 atom stereocenters. The lowest BCUT2D eigenvalue weighted by Crippen LogP contribution is -2.25. The average Bonchev–Trinajstić information content (AvgIpc) is 2.58. The molecule has 0 unspecified atom stereocenters. The maximum absolute atomic E-state index is 5.75. The minimum atomic E-state index is 0.555. The molecule has 1 saturated heterocycles. The average molecular weight is 273 g/mol. The van der Waals surface area contributed by atoms with E-state index in [4.69, 9.17) is 10.5 Å². The van der Waals surface area contributed by atoms with Crippen LogP contribution in [-0.2, 0) is 17.9 Å². The molecule has 0 spiro atoms. The highest BCUT2D eigenvalue weighted by Gasteiger charge is 2.16. The number of hydrogen-bond acceptors (Lipinski definition) is 6. The van der Waals surface area contributed by atoms with Crippen molar-refractivity contribution < 1.29 is 4.74 Å². The molecule has 4 nitrogen and oxygen atoms in total. The summed E-state index contributed by atoms with van der Waals surface area (Å²) in [6, 6.07) is 0. The fourth-order valence-electron chi connectivity index (χ4n) is 1.85. The van der Waals surface area contributed by atoms with Crippen LogP contribution in [0.1, 0.15) is 17.0 Å². The van der Waals surface area contributed by atoms with Crippen molar-refractivity contribution in [2.45, 2.75) is 19.6 Å². The van der Waals surface area contributed by atoms with E-state index in [-0.39, 0.29) is 0 Å². The molecule has 17 heavy (non-hydrogen) atoms. The quantitative estimate of drug-likeness (QED) is 0.905. The van der Waals surface area contributed by atoms with E-state index < -0.39 is 0 Å². The van der Waals surface area contributed by atoms with Crippen molar-refractivity contribution in [3.05, 3.63) is 10.6 Å². The molecule has 1 aliphatic heterocycles. The summed E-state index contributed by atoms with van der Waals surface area (Å²) in [5.41, 5.74) is 6.75. The smallest absolute Gasteiger partial charge is 0.185 e. The highest BCUT2D eigenvalue weighted by molar-refractivity contribution is 7.99. The number of rotatable bonds is 4. The van der Waals surface area contributed by atoms with Crippen LogP contribution in [-0.4, -0.2) is 36.7 Å². The van der Waals surface area contributed by atoms with E-state index in [0.717, 1.165) is 28.8 Å². The number of thiazole rings is 1. The second-order valence-electron chi connectivity index (χ2n) is 3.96. The first-order valence-corrected chi connectivity index (χ1v) is 7.82. The fourth-order valence-corrected chi connectivity index (χ4v) is 3.73. The van der Waals surface area contributed by atoms with Gasteiger partial charge in [0.15, 0.2) is 5.13 Å². The van der Waals surface area contributed by atoms with Crippen molar-refractivity contribution in [1.29, 1.82) is 0 Å². The van der Waals surface area contributed by atoms with Crippen LogP contribution in [0.4, 0.5) is 5.13 Å². The second kappa shape index (κ2) is 6.58. The standard InChI is InChI=1S/C11H19N3OS2/c1-15-8-9-10(7-12)17-11(13-9)14-3-2-5-16-6-4-14/h2-8,12H2,1H3. The van der Waals surface area contributed by atoms with E-state index in [1.165, 1.54) is 17.9 Å². The summed E-state index contributed by atoms with van der Waals surface area (Å²) >= 11 is 3.74. The van der Waals surface area contributed by atoms with Gasteiger partial charge in [-0.1, -0.05) is 0 Å². The van der Waals surface area contributed by atoms with Gasteiger partial charge in [0, 0.05) is 37.4 Å². The third-order valence-corrected chi connectivity index (χ3v) is 4.96. The lowest BCUT2D eigenvalue weighted by atomic mass is 10.4. The van der Waals surface area contributed by atoms with Crippen LogP contribution in [0.25, 0.3) is 0 Å². The third kappa shape index (κ3) is 3.34. The van der Waals surface area contributed by atoms with E-state index in [0.29, 0.717) is 13.2 Å². The van der Waals surface area contributed by atoms with Gasteiger partial charge in [-0.3, -0.25) is 0 Å². The Hall–Kier alpha value is -0.300. The number of anilines is 1. The van der Waals surface area contributed by atoms with Crippen LogP contribution >= 0.6 is 23.1 Å². The summed E-state index contributed by atoms with van der Waals surface area (Å²) in [6.45, 7) is 3.32. The van der Waals surface area contributed by atoms with Crippen molar-refractivity contribution in [2.75, 3.05) is 36.6 Å². The number of nitrogens with two attached hydrogens (primary N) is 1. The van der Waals surface area contributed by atoms with Crippen LogP contribution in [0.5, 0.6) is 0 Å². The first-order valence-electron chi connectivity index (χ1n) is 5.85. The van der Waals surface area contributed by atoms with Crippen LogP contribution in [0.2, 0.25) is 0 Å². The summed E-state index contributed by atoms with van der Waals surface area (Å²) in [5, 5.41) is 1.11. The van der Waals surface area contributed by atoms with Gasteiger partial charge in [-0.2, -0.15) is 11.8 Å². The predicted molar refractivity (Wildman–Crippen MR) is 74.9 cm³/mol. The van der Waals surface area contributed by atoms with Crippen molar-refractivity contribution in [2.24, 2.45) is 5.73 Å². The monoisotopic (exact) mass is 273 g/mol. The topological polar surface area (TPSA) is 51.4 Å². The SMILES string of the molecule is COCc1nc(N2CCCSCC2)sc1CN. The minimum Gasteiger partial charge on any atom is -0.378 e. The summed E-state index contributed by atoms with van der Waals surface area (Å²) in [6.07, 6.45) is 1.24. The Bertz CT molecular complexity index is 348. The van der Waals surface area contributed by atoms with E-state index in [1.807, 2.05) is 11.8 Å². The molecule has 1 aromatic heterocycles. The number of ether oxygens (including phenoxy) is 1. The molecular weight excluding hydrogens is 254 g/mol. The summed E-state index contributed by atoms with van der Waals surface area (Å²) in [4.78, 5) is 8.20. The highest BCUT2D eigenvalue weighted by atomic mass is 32.2. The third-order valence-electron chi connectivity index (χ3n) is 2.73. The number of aromatic nitrogens is 1. The van der Waals surface area contributed by atoms with E-state index in [1.54, 1.807) is 18.4 Å². The molecule has 0 radical (unpaired) electrons. The molecule has 96 valence electrons. The molecule has 2 N–H and O–H groups in total. The normalized spacial score (nSPS) is 17.2.